The number of anilines is 1. The van der Waals surface area contributed by atoms with Crippen molar-refractivity contribution in [2.45, 2.75) is 32.2 Å². The molecule has 3 N–H and O–H groups in total. The molecular weight excluding hydrogens is 372 g/mol. The third-order valence-electron chi connectivity index (χ3n) is 3.58. The van der Waals surface area contributed by atoms with Gasteiger partial charge in [-0.3, -0.25) is 0 Å². The molecule has 0 amide bonds. The van der Waals surface area contributed by atoms with Crippen molar-refractivity contribution in [2.75, 3.05) is 12.3 Å². The molecule has 11 heteroatoms. The minimum atomic E-state index is -5.04. The van der Waals surface area contributed by atoms with Crippen LogP contribution in [0.3, 0.4) is 0 Å². The van der Waals surface area contributed by atoms with Crippen molar-refractivity contribution in [3.05, 3.63) is 39.0 Å². The van der Waals surface area contributed by atoms with Crippen molar-refractivity contribution in [1.82, 2.24) is 4.98 Å². The quantitative estimate of drug-likeness (QED) is 0.627. The van der Waals surface area contributed by atoms with E-state index >= 15 is 0 Å². The second-order valence-corrected chi connectivity index (χ2v) is 6.19. The molecule has 25 heavy (non-hydrogen) atoms. The van der Waals surface area contributed by atoms with E-state index < -0.39 is 35.0 Å². The molecule has 0 bridgehead atoms. The van der Waals surface area contributed by atoms with E-state index in [1.54, 1.807) is 6.92 Å². The zero-order chi connectivity index (χ0) is 19.0. The Bertz CT molecular complexity index is 769. The first kappa shape index (κ1) is 19.4. The first-order valence-electron chi connectivity index (χ1n) is 6.96. The lowest BCUT2D eigenvalue weighted by atomic mass is 10.1. The van der Waals surface area contributed by atoms with Gasteiger partial charge in [-0.25, -0.2) is 4.98 Å². The van der Waals surface area contributed by atoms with Gasteiger partial charge < -0.3 is 10.8 Å². The monoisotopic (exact) mass is 386 g/mol. The normalized spacial score (nSPS) is 12.6. The molecule has 0 aromatic carbocycles. The first-order valence-corrected chi connectivity index (χ1v) is 7.84. The molecule has 0 atom stereocenters. The highest BCUT2D eigenvalue weighted by Crippen LogP contribution is 2.38. The highest BCUT2D eigenvalue weighted by molar-refractivity contribution is 7.09. The molecule has 0 aliphatic carbocycles. The topological polar surface area (TPSA) is 63.0 Å². The largest absolute Gasteiger partial charge is 0.433 e. The molecule has 0 aliphatic heterocycles. The second kappa shape index (κ2) is 6.79. The number of hydrogen-bond donors (Lipinski definition) is 2. The third kappa shape index (κ3) is 4.21. The van der Waals surface area contributed by atoms with Gasteiger partial charge in [-0.1, -0.05) is 11.3 Å². The van der Waals surface area contributed by atoms with E-state index in [9.17, 15) is 26.3 Å². The van der Waals surface area contributed by atoms with Gasteiger partial charge >= 0.3 is 12.4 Å². The minimum absolute atomic E-state index is 0.0252. The summed E-state index contributed by atoms with van der Waals surface area (Å²) in [5.41, 5.74) is 3.87. The van der Waals surface area contributed by atoms with Crippen LogP contribution in [0.4, 0.5) is 32.2 Å². The zero-order valence-corrected chi connectivity index (χ0v) is 13.7. The van der Waals surface area contributed by atoms with Crippen LogP contribution in [0.5, 0.6) is 0 Å². The van der Waals surface area contributed by atoms with E-state index in [1.165, 1.54) is 21.4 Å². The maximum atomic E-state index is 13.2. The molecule has 0 aliphatic rings. The summed E-state index contributed by atoms with van der Waals surface area (Å²) in [6.07, 6.45) is -9.71. The maximum absolute atomic E-state index is 13.2. The highest BCUT2D eigenvalue weighted by atomic mass is 32.1. The van der Waals surface area contributed by atoms with Crippen molar-refractivity contribution in [3.8, 4) is 0 Å². The Morgan fingerprint density at radius 2 is 1.84 bits per heavy atom. The third-order valence-corrected chi connectivity index (χ3v) is 4.72. The number of nitrogens with two attached hydrogens (primary N) is 1. The minimum Gasteiger partial charge on any atom is -0.396 e. The van der Waals surface area contributed by atoms with Crippen LogP contribution < -0.4 is 10.3 Å². The van der Waals surface area contributed by atoms with E-state index in [4.69, 9.17) is 10.8 Å². The van der Waals surface area contributed by atoms with Gasteiger partial charge in [0.2, 0.25) is 5.51 Å². The van der Waals surface area contributed by atoms with Crippen molar-refractivity contribution in [2.24, 2.45) is 0 Å². The number of thiazole rings is 1. The van der Waals surface area contributed by atoms with E-state index in [1.807, 2.05) is 0 Å². The fourth-order valence-electron chi connectivity index (χ4n) is 2.27. The molecule has 2 aromatic rings. The van der Waals surface area contributed by atoms with Crippen molar-refractivity contribution >= 4 is 17.2 Å². The SMILES string of the molecule is Cc1c(CCO)sc[n+]1Cc1c(C(F)(F)F)cc(C(F)(F)F)nc1N. The Morgan fingerprint density at radius 1 is 1.20 bits per heavy atom. The first-order chi connectivity index (χ1) is 11.4. The average molecular weight is 386 g/mol. The predicted molar refractivity (Wildman–Crippen MR) is 77.8 cm³/mol. The number of nitrogens with zero attached hydrogens (tertiary/aromatic N) is 2. The van der Waals surface area contributed by atoms with Crippen LogP contribution in [-0.2, 0) is 25.3 Å². The number of hydrogen-bond acceptors (Lipinski definition) is 4. The van der Waals surface area contributed by atoms with Gasteiger partial charge in [0.15, 0.2) is 12.2 Å². The van der Waals surface area contributed by atoms with Crippen LogP contribution in [0.2, 0.25) is 0 Å². The summed E-state index contributed by atoms with van der Waals surface area (Å²) in [7, 11) is 0. The molecule has 2 heterocycles. The summed E-state index contributed by atoms with van der Waals surface area (Å²) in [6.45, 7) is 1.14. The van der Waals surface area contributed by atoms with Gasteiger partial charge in [0.05, 0.1) is 16.0 Å². The van der Waals surface area contributed by atoms with Crippen molar-refractivity contribution in [3.63, 3.8) is 0 Å². The van der Waals surface area contributed by atoms with Gasteiger partial charge in [0.1, 0.15) is 11.5 Å². The summed E-state index contributed by atoms with van der Waals surface area (Å²) in [5, 5.41) is 8.96. The lowest BCUT2D eigenvalue weighted by molar-refractivity contribution is -0.689. The molecule has 0 fully saturated rings. The smallest absolute Gasteiger partial charge is 0.396 e. The molecule has 0 saturated heterocycles. The van der Waals surface area contributed by atoms with E-state index in [0.717, 1.165) is 4.88 Å². The average Bonchev–Trinajstić information content (AvgIpc) is 2.80. The van der Waals surface area contributed by atoms with E-state index in [2.05, 4.69) is 4.98 Å². The fourth-order valence-corrected chi connectivity index (χ4v) is 3.26. The highest BCUT2D eigenvalue weighted by Gasteiger charge is 2.41. The predicted octanol–water partition coefficient (Wildman–Crippen LogP) is 2.94. The molecule has 138 valence electrons. The van der Waals surface area contributed by atoms with Gasteiger partial charge in [0.25, 0.3) is 0 Å². The van der Waals surface area contributed by atoms with Crippen LogP contribution in [0, 0.1) is 6.92 Å². The number of aliphatic hydroxyl groups is 1. The number of nitrogen functional groups attached to an aromatic ring is 1. The Kier molecular flexibility index (Phi) is 5.28. The van der Waals surface area contributed by atoms with Crippen LogP contribution in [0.25, 0.3) is 0 Å². The lowest BCUT2D eigenvalue weighted by Gasteiger charge is -2.15. The molecule has 4 nitrogen and oxygen atoms in total. The Hall–Kier alpha value is -1.88. The fraction of sp³-hybridized carbons (Fsp3) is 0.429. The van der Waals surface area contributed by atoms with Gasteiger partial charge in [0, 0.05) is 20.0 Å². The van der Waals surface area contributed by atoms with Crippen LogP contribution in [-0.4, -0.2) is 16.7 Å². The molecule has 0 radical (unpaired) electrons. The molecule has 2 aromatic heterocycles. The molecule has 0 unspecified atom stereocenters. The summed E-state index contributed by atoms with van der Waals surface area (Å²) in [4.78, 5) is 3.85. The Balaban J connectivity index is 2.54. The number of rotatable bonds is 4. The molecular formula is C14H14F6N3OS+. The summed E-state index contributed by atoms with van der Waals surface area (Å²) >= 11 is 1.23. The van der Waals surface area contributed by atoms with Gasteiger partial charge in [-0.05, 0) is 6.07 Å². The Labute approximate surface area is 142 Å². The lowest BCUT2D eigenvalue weighted by Crippen LogP contribution is -2.37. The molecule has 0 spiro atoms. The van der Waals surface area contributed by atoms with Crippen LogP contribution in [0.15, 0.2) is 11.6 Å². The molecule has 2 rings (SSSR count). The van der Waals surface area contributed by atoms with E-state index in [0.29, 0.717) is 12.1 Å². The van der Waals surface area contributed by atoms with Crippen LogP contribution >= 0.6 is 11.3 Å². The van der Waals surface area contributed by atoms with Gasteiger partial charge in [-0.2, -0.15) is 30.9 Å². The van der Waals surface area contributed by atoms with Crippen molar-refractivity contribution in [1.29, 1.82) is 0 Å². The summed E-state index contributed by atoms with van der Waals surface area (Å²) < 4.78 is 79.3. The second-order valence-electron chi connectivity index (χ2n) is 5.25. The number of aromatic nitrogens is 2. The summed E-state index contributed by atoms with van der Waals surface area (Å²) in [5.74, 6) is -0.816. The molecule has 0 saturated carbocycles. The standard InChI is InChI=1S/C14H14F6N3OS/c1-7-10(2-3-24)25-6-23(7)5-8-9(13(15,16)17)4-11(14(18,19)20)22-12(8)21/h4,6,24H,2-3,5H2,1H3,(H2,21,22)/q+1. The van der Waals surface area contributed by atoms with Crippen molar-refractivity contribution < 1.29 is 36.0 Å². The number of halogens is 6. The van der Waals surface area contributed by atoms with Crippen LogP contribution in [0.1, 0.15) is 27.4 Å². The number of aliphatic hydroxyl groups excluding tert-OH is 1. The zero-order valence-electron chi connectivity index (χ0n) is 12.9. The van der Waals surface area contributed by atoms with Gasteiger partial charge in [-0.15, -0.1) is 0 Å². The van der Waals surface area contributed by atoms with E-state index in [-0.39, 0.29) is 19.2 Å². The number of alkyl halides is 6. The Morgan fingerprint density at radius 3 is 2.36 bits per heavy atom. The number of pyridine rings is 1. The summed E-state index contributed by atoms with van der Waals surface area (Å²) in [6, 6.07) is -0.0252. The maximum Gasteiger partial charge on any atom is 0.433 e.